The van der Waals surface area contributed by atoms with Gasteiger partial charge in [-0.2, -0.15) is 18.2 Å². The lowest BCUT2D eigenvalue weighted by Gasteiger charge is -2.32. The van der Waals surface area contributed by atoms with E-state index in [1.54, 1.807) is 11.9 Å². The number of aromatic nitrogens is 5. The number of piperidine rings is 1. The van der Waals surface area contributed by atoms with Crippen LogP contribution in [0.4, 0.5) is 33.6 Å². The van der Waals surface area contributed by atoms with Crippen LogP contribution in [0.3, 0.4) is 0 Å². The maximum atomic E-state index is 14.0. The molecule has 216 valence electrons. The Kier molecular flexibility index (Phi) is 7.70. The Morgan fingerprint density at radius 2 is 1.93 bits per heavy atom. The second-order valence-corrected chi connectivity index (χ2v) is 9.83. The molecule has 4 aromatic rings. The molecule has 0 saturated carbocycles. The monoisotopic (exact) mass is 594 g/mol. The van der Waals surface area contributed by atoms with Gasteiger partial charge in [0.25, 0.3) is 5.92 Å². The average Bonchev–Trinajstić information content (AvgIpc) is 3.25. The lowest BCUT2D eigenvalue weighted by atomic mass is 10.0. The summed E-state index contributed by atoms with van der Waals surface area (Å²) >= 11 is 6.61. The van der Waals surface area contributed by atoms with Gasteiger partial charge in [-0.05, 0) is 17.7 Å². The molecule has 0 bridgehead atoms. The van der Waals surface area contributed by atoms with Gasteiger partial charge in [-0.25, -0.2) is 18.7 Å². The number of aryl methyl sites for hydroxylation is 1. The molecule has 9 nitrogen and oxygen atoms in total. The summed E-state index contributed by atoms with van der Waals surface area (Å²) in [6.45, 7) is -0.0521. The van der Waals surface area contributed by atoms with Crippen LogP contribution in [0.15, 0.2) is 49.2 Å². The second kappa shape index (κ2) is 11.1. The standard InChI is InChI=1S/C26H24ClF5N8O/c1-39-22-21(27)20(41-19(11-33)18-12-34-6-7-35-18)13-36-23(22)38-24(39)37-16-3-2-15(17(10-16)26(30,31)32)14-40-8-4-25(28,29)5-9-40/h2-3,6-7,10-13H,4-5,8-9,14,33H2,1H3,(H,36,37,38). The maximum Gasteiger partial charge on any atom is 0.416 e. The highest BCUT2D eigenvalue weighted by atomic mass is 35.5. The topological polar surface area (TPSA) is 107 Å². The molecule has 41 heavy (non-hydrogen) atoms. The van der Waals surface area contributed by atoms with Crippen molar-refractivity contribution in [2.24, 2.45) is 12.8 Å². The number of pyridine rings is 1. The number of imidazole rings is 1. The first-order valence-electron chi connectivity index (χ1n) is 12.4. The molecule has 1 aliphatic heterocycles. The number of ether oxygens (including phenoxy) is 1. The third kappa shape index (κ3) is 6.17. The largest absolute Gasteiger partial charge is 0.450 e. The molecule has 0 amide bonds. The van der Waals surface area contributed by atoms with Crippen molar-refractivity contribution in [3.63, 3.8) is 0 Å². The first-order chi connectivity index (χ1) is 19.4. The average molecular weight is 595 g/mol. The van der Waals surface area contributed by atoms with E-state index < -0.39 is 17.7 Å². The van der Waals surface area contributed by atoms with Gasteiger partial charge in [0.1, 0.15) is 16.2 Å². The molecular formula is C26H24ClF5N8O. The van der Waals surface area contributed by atoms with Crippen molar-refractivity contribution in [2.45, 2.75) is 31.5 Å². The van der Waals surface area contributed by atoms with Crippen LogP contribution in [-0.2, 0) is 19.8 Å². The molecule has 15 heteroatoms. The number of benzene rings is 1. The molecule has 0 aliphatic carbocycles. The number of nitrogens with two attached hydrogens (primary N) is 1. The van der Waals surface area contributed by atoms with Crippen molar-refractivity contribution in [2.75, 3.05) is 18.4 Å². The number of hydrogen-bond donors (Lipinski definition) is 2. The number of hydrogen-bond acceptors (Lipinski definition) is 8. The summed E-state index contributed by atoms with van der Waals surface area (Å²) in [4.78, 5) is 18.3. The molecule has 1 saturated heterocycles. The molecule has 0 unspecified atom stereocenters. The molecular weight excluding hydrogens is 571 g/mol. The predicted molar refractivity (Wildman–Crippen MR) is 143 cm³/mol. The van der Waals surface area contributed by atoms with Crippen LogP contribution >= 0.6 is 11.6 Å². The van der Waals surface area contributed by atoms with E-state index in [-0.39, 0.29) is 71.9 Å². The zero-order chi connectivity index (χ0) is 29.4. The molecule has 3 N–H and O–H groups in total. The van der Waals surface area contributed by atoms with E-state index in [1.807, 2.05) is 0 Å². The van der Waals surface area contributed by atoms with E-state index in [9.17, 15) is 22.0 Å². The van der Waals surface area contributed by atoms with Crippen molar-refractivity contribution in [1.82, 2.24) is 29.4 Å². The third-order valence-electron chi connectivity index (χ3n) is 6.64. The maximum absolute atomic E-state index is 14.0. The van der Waals surface area contributed by atoms with Crippen LogP contribution < -0.4 is 15.8 Å². The van der Waals surface area contributed by atoms with Crippen molar-refractivity contribution >= 4 is 40.2 Å². The van der Waals surface area contributed by atoms with Gasteiger partial charge in [-0.3, -0.25) is 9.88 Å². The second-order valence-electron chi connectivity index (χ2n) is 9.45. The van der Waals surface area contributed by atoms with Gasteiger partial charge in [0, 0.05) is 63.8 Å². The minimum Gasteiger partial charge on any atom is -0.450 e. The lowest BCUT2D eigenvalue weighted by Crippen LogP contribution is -2.39. The van der Waals surface area contributed by atoms with Crippen molar-refractivity contribution in [1.29, 1.82) is 0 Å². The van der Waals surface area contributed by atoms with Gasteiger partial charge in [-0.15, -0.1) is 0 Å². The molecule has 3 aromatic heterocycles. The Bertz CT molecular complexity index is 1580. The van der Waals surface area contributed by atoms with Crippen LogP contribution in [0.25, 0.3) is 16.9 Å². The van der Waals surface area contributed by atoms with Crippen LogP contribution in [0.5, 0.6) is 5.75 Å². The number of alkyl halides is 5. The molecule has 1 aromatic carbocycles. The Labute approximate surface area is 235 Å². The number of fused-ring (bicyclic) bond motifs is 1. The van der Waals surface area contributed by atoms with E-state index >= 15 is 0 Å². The fourth-order valence-electron chi connectivity index (χ4n) is 4.48. The zero-order valence-electron chi connectivity index (χ0n) is 21.6. The molecule has 0 spiro atoms. The summed E-state index contributed by atoms with van der Waals surface area (Å²) in [5.41, 5.74) is 5.89. The van der Waals surface area contributed by atoms with Crippen LogP contribution in [0.2, 0.25) is 5.02 Å². The number of likely N-dealkylation sites (tertiary alicyclic amines) is 1. The lowest BCUT2D eigenvalue weighted by molar-refractivity contribution is -0.138. The predicted octanol–water partition coefficient (Wildman–Crippen LogP) is 5.74. The van der Waals surface area contributed by atoms with Crippen LogP contribution in [-0.4, -0.2) is 48.4 Å². The van der Waals surface area contributed by atoms with Crippen molar-refractivity contribution in [3.05, 3.63) is 71.0 Å². The van der Waals surface area contributed by atoms with Crippen LogP contribution in [0, 0.1) is 0 Å². The summed E-state index contributed by atoms with van der Waals surface area (Å²) in [6, 6.07) is 3.78. The van der Waals surface area contributed by atoms with E-state index in [1.165, 1.54) is 47.7 Å². The summed E-state index contributed by atoms with van der Waals surface area (Å²) in [5, 5.41) is 3.03. The normalized spacial score (nSPS) is 16.2. The third-order valence-corrected chi connectivity index (χ3v) is 7.01. The first-order valence-corrected chi connectivity index (χ1v) is 12.8. The number of halogens is 6. The number of anilines is 2. The van der Waals surface area contributed by atoms with Crippen molar-refractivity contribution in [3.8, 4) is 5.75 Å². The first kappa shape index (κ1) is 28.5. The zero-order valence-corrected chi connectivity index (χ0v) is 22.3. The van der Waals surface area contributed by atoms with Gasteiger partial charge in [0.15, 0.2) is 17.2 Å². The molecule has 0 atom stereocenters. The smallest absolute Gasteiger partial charge is 0.416 e. The highest BCUT2D eigenvalue weighted by molar-refractivity contribution is 6.36. The van der Waals surface area contributed by atoms with Gasteiger partial charge in [-0.1, -0.05) is 17.7 Å². The number of nitrogens with zero attached hydrogens (tertiary/aromatic N) is 6. The fraction of sp³-hybridized carbons (Fsp3) is 0.308. The van der Waals surface area contributed by atoms with E-state index in [0.717, 1.165) is 6.07 Å². The number of rotatable bonds is 7. The molecule has 4 heterocycles. The van der Waals surface area contributed by atoms with Gasteiger partial charge >= 0.3 is 6.18 Å². The van der Waals surface area contributed by atoms with E-state index in [0.29, 0.717) is 11.2 Å². The SMILES string of the molecule is Cn1c(Nc2ccc(CN3CCC(F)(F)CC3)c(C(F)(F)F)c2)nc2ncc(OC(=CN)c3cnccn3)c(Cl)c21. The molecule has 1 aliphatic rings. The summed E-state index contributed by atoms with van der Waals surface area (Å²) in [7, 11) is 1.61. The summed E-state index contributed by atoms with van der Waals surface area (Å²) in [6.07, 6.45) is 1.53. The quantitative estimate of drug-likeness (QED) is 0.206. The minimum atomic E-state index is -4.66. The fourth-order valence-corrected chi connectivity index (χ4v) is 4.78. The Hall–Kier alpha value is -4.04. The Balaban J connectivity index is 1.40. The highest BCUT2D eigenvalue weighted by Crippen LogP contribution is 2.38. The molecule has 0 radical (unpaired) electrons. The van der Waals surface area contributed by atoms with Gasteiger partial charge in [0.2, 0.25) is 5.95 Å². The van der Waals surface area contributed by atoms with Gasteiger partial charge < -0.3 is 20.4 Å². The molecule has 1 fully saturated rings. The van der Waals surface area contributed by atoms with Crippen LogP contribution in [0.1, 0.15) is 29.7 Å². The minimum absolute atomic E-state index is 0.00311. The Morgan fingerprint density at radius 1 is 1.17 bits per heavy atom. The highest BCUT2D eigenvalue weighted by Gasteiger charge is 2.37. The van der Waals surface area contributed by atoms with E-state index in [2.05, 4.69) is 25.3 Å². The van der Waals surface area contributed by atoms with Crippen molar-refractivity contribution < 1.29 is 26.7 Å². The Morgan fingerprint density at radius 3 is 2.59 bits per heavy atom. The van der Waals surface area contributed by atoms with Gasteiger partial charge in [0.05, 0.1) is 18.0 Å². The van der Waals surface area contributed by atoms with E-state index in [4.69, 9.17) is 22.1 Å². The number of nitrogens with one attached hydrogen (secondary N) is 1. The summed E-state index contributed by atoms with van der Waals surface area (Å²) in [5.74, 6) is -2.28. The summed E-state index contributed by atoms with van der Waals surface area (Å²) < 4.78 is 76.3. The molecule has 5 rings (SSSR count).